The Labute approximate surface area is 129 Å². The van der Waals surface area contributed by atoms with Crippen molar-refractivity contribution in [2.75, 3.05) is 20.2 Å². The third-order valence-electron chi connectivity index (χ3n) is 3.42. The molecule has 0 spiro atoms. The van der Waals surface area contributed by atoms with E-state index in [0.29, 0.717) is 12.1 Å². The van der Waals surface area contributed by atoms with E-state index in [1.54, 1.807) is 32.9 Å². The number of nitro benzene ring substituents is 1. The summed E-state index contributed by atoms with van der Waals surface area (Å²) >= 11 is 0. The second-order valence-electron chi connectivity index (χ2n) is 5.00. The van der Waals surface area contributed by atoms with Crippen molar-refractivity contribution in [3.8, 4) is 0 Å². The fourth-order valence-corrected chi connectivity index (χ4v) is 2.21. The number of rotatable bonds is 6. The molecule has 7 nitrogen and oxygen atoms in total. The summed E-state index contributed by atoms with van der Waals surface area (Å²) < 4.78 is 4.64. The molecule has 0 saturated carbocycles. The van der Waals surface area contributed by atoms with Gasteiger partial charge in [-0.2, -0.15) is 0 Å². The van der Waals surface area contributed by atoms with E-state index in [-0.39, 0.29) is 17.8 Å². The number of esters is 1. The molecule has 7 heteroatoms. The first-order chi connectivity index (χ1) is 10.3. The Morgan fingerprint density at radius 2 is 2.05 bits per heavy atom. The molecule has 0 aromatic heterocycles. The van der Waals surface area contributed by atoms with Crippen molar-refractivity contribution in [3.63, 3.8) is 0 Å². The van der Waals surface area contributed by atoms with E-state index in [0.717, 1.165) is 0 Å². The van der Waals surface area contributed by atoms with Crippen molar-refractivity contribution in [1.82, 2.24) is 4.90 Å². The number of carbonyl (C=O) groups excluding carboxylic acids is 2. The van der Waals surface area contributed by atoms with Crippen LogP contribution in [0, 0.1) is 23.0 Å². The predicted octanol–water partition coefficient (Wildman–Crippen LogP) is 2.17. The summed E-state index contributed by atoms with van der Waals surface area (Å²) in [4.78, 5) is 36.1. The number of amides is 1. The quantitative estimate of drug-likeness (QED) is 0.456. The molecule has 0 heterocycles. The zero-order valence-electron chi connectivity index (χ0n) is 13.2. The molecule has 1 aromatic rings. The molecule has 0 N–H and O–H groups in total. The van der Waals surface area contributed by atoms with Crippen molar-refractivity contribution in [1.29, 1.82) is 0 Å². The Morgan fingerprint density at radius 1 is 1.41 bits per heavy atom. The van der Waals surface area contributed by atoms with Gasteiger partial charge in [-0.15, -0.1) is 0 Å². The highest BCUT2D eigenvalue weighted by atomic mass is 16.6. The molecule has 22 heavy (non-hydrogen) atoms. The minimum Gasteiger partial charge on any atom is -0.469 e. The van der Waals surface area contributed by atoms with Gasteiger partial charge >= 0.3 is 5.97 Å². The lowest BCUT2D eigenvalue weighted by Gasteiger charge is -2.23. The van der Waals surface area contributed by atoms with Gasteiger partial charge in [0.15, 0.2) is 0 Å². The van der Waals surface area contributed by atoms with Crippen molar-refractivity contribution in [2.45, 2.75) is 20.8 Å². The maximum atomic E-state index is 12.6. The fourth-order valence-electron chi connectivity index (χ4n) is 2.21. The van der Waals surface area contributed by atoms with Gasteiger partial charge in [-0.1, -0.05) is 19.1 Å². The number of benzene rings is 1. The first kappa shape index (κ1) is 17.6. The van der Waals surface area contributed by atoms with Crippen LogP contribution in [0.3, 0.4) is 0 Å². The summed E-state index contributed by atoms with van der Waals surface area (Å²) in [6.45, 7) is 5.47. The van der Waals surface area contributed by atoms with Gasteiger partial charge in [-0.3, -0.25) is 19.7 Å². The SMILES string of the molecule is CCN(CC(C)C(=O)OC)C(=O)c1cccc(C)c1[N+](=O)[O-]. The minimum atomic E-state index is -0.555. The van der Waals surface area contributed by atoms with Crippen LogP contribution in [-0.4, -0.2) is 41.9 Å². The molecule has 1 aromatic carbocycles. The number of nitro groups is 1. The van der Waals surface area contributed by atoms with E-state index in [9.17, 15) is 19.7 Å². The fraction of sp³-hybridized carbons (Fsp3) is 0.467. The zero-order valence-corrected chi connectivity index (χ0v) is 13.2. The molecule has 120 valence electrons. The van der Waals surface area contributed by atoms with Gasteiger partial charge < -0.3 is 9.64 Å². The van der Waals surface area contributed by atoms with E-state index < -0.39 is 22.7 Å². The van der Waals surface area contributed by atoms with Crippen LogP contribution in [0.2, 0.25) is 0 Å². The van der Waals surface area contributed by atoms with Gasteiger partial charge in [0.2, 0.25) is 0 Å². The predicted molar refractivity (Wildman–Crippen MR) is 80.6 cm³/mol. The number of hydrogen-bond donors (Lipinski definition) is 0. The first-order valence-electron chi connectivity index (χ1n) is 6.94. The van der Waals surface area contributed by atoms with E-state index in [4.69, 9.17) is 0 Å². The summed E-state index contributed by atoms with van der Waals surface area (Å²) in [5.74, 6) is -1.39. The number of hydrogen-bond acceptors (Lipinski definition) is 5. The van der Waals surface area contributed by atoms with E-state index in [2.05, 4.69) is 4.74 Å². The molecule has 1 unspecified atom stereocenters. The molecule has 0 bridgehead atoms. The van der Waals surface area contributed by atoms with Crippen LogP contribution in [0.4, 0.5) is 5.69 Å². The number of ether oxygens (including phenoxy) is 1. The van der Waals surface area contributed by atoms with Gasteiger partial charge in [0.25, 0.3) is 11.6 Å². The highest BCUT2D eigenvalue weighted by Gasteiger charge is 2.27. The van der Waals surface area contributed by atoms with Gasteiger partial charge in [-0.25, -0.2) is 0 Å². The molecule has 0 saturated heterocycles. The van der Waals surface area contributed by atoms with Crippen LogP contribution < -0.4 is 0 Å². The largest absolute Gasteiger partial charge is 0.469 e. The average molecular weight is 308 g/mol. The number of carbonyl (C=O) groups is 2. The lowest BCUT2D eigenvalue weighted by atomic mass is 10.1. The third-order valence-corrected chi connectivity index (χ3v) is 3.42. The summed E-state index contributed by atoms with van der Waals surface area (Å²) in [6.07, 6.45) is 0. The van der Waals surface area contributed by atoms with Crippen LogP contribution in [0.15, 0.2) is 18.2 Å². The number of nitrogens with zero attached hydrogens (tertiary/aromatic N) is 2. The summed E-state index contributed by atoms with van der Waals surface area (Å²) in [5, 5.41) is 11.2. The van der Waals surface area contributed by atoms with Crippen molar-refractivity contribution in [3.05, 3.63) is 39.4 Å². The van der Waals surface area contributed by atoms with Gasteiger partial charge in [0, 0.05) is 18.7 Å². The van der Waals surface area contributed by atoms with Crippen LogP contribution in [0.5, 0.6) is 0 Å². The Hall–Kier alpha value is -2.44. The molecule has 0 fully saturated rings. The van der Waals surface area contributed by atoms with Gasteiger partial charge in [-0.05, 0) is 19.9 Å². The van der Waals surface area contributed by atoms with Gasteiger partial charge in [0.1, 0.15) is 5.56 Å². The lowest BCUT2D eigenvalue weighted by molar-refractivity contribution is -0.385. The van der Waals surface area contributed by atoms with Crippen LogP contribution in [-0.2, 0) is 9.53 Å². The minimum absolute atomic E-state index is 0.0314. The van der Waals surface area contributed by atoms with Crippen molar-refractivity contribution < 1.29 is 19.2 Å². The Balaban J connectivity index is 3.10. The Morgan fingerprint density at radius 3 is 2.55 bits per heavy atom. The number of methoxy groups -OCH3 is 1. The average Bonchev–Trinajstić information content (AvgIpc) is 2.50. The molecule has 0 aliphatic rings. The third kappa shape index (κ3) is 3.81. The number of aryl methyl sites for hydroxylation is 1. The lowest BCUT2D eigenvalue weighted by Crippen LogP contribution is -2.37. The molecule has 0 radical (unpaired) electrons. The standard InChI is InChI=1S/C15H20N2O5/c1-5-16(9-11(3)15(19)22-4)14(18)12-8-6-7-10(2)13(12)17(20)21/h6-8,11H,5,9H2,1-4H3. The van der Waals surface area contributed by atoms with E-state index >= 15 is 0 Å². The molecular weight excluding hydrogens is 288 g/mol. The summed E-state index contributed by atoms with van der Waals surface area (Å²) in [5.41, 5.74) is 0.258. The smallest absolute Gasteiger partial charge is 0.310 e. The topological polar surface area (TPSA) is 89.8 Å². The van der Waals surface area contributed by atoms with Crippen LogP contribution in [0.1, 0.15) is 29.8 Å². The van der Waals surface area contributed by atoms with Crippen LogP contribution in [0.25, 0.3) is 0 Å². The monoisotopic (exact) mass is 308 g/mol. The second-order valence-corrected chi connectivity index (χ2v) is 5.00. The first-order valence-corrected chi connectivity index (χ1v) is 6.94. The molecule has 0 aliphatic heterocycles. The molecule has 0 aliphatic carbocycles. The zero-order chi connectivity index (χ0) is 16.9. The maximum absolute atomic E-state index is 12.6. The highest BCUT2D eigenvalue weighted by molar-refractivity contribution is 5.98. The second kappa shape index (κ2) is 7.53. The summed E-state index contributed by atoms with van der Waals surface area (Å²) in [6, 6.07) is 4.62. The number of para-hydroxylation sites is 1. The Kier molecular flexibility index (Phi) is 6.03. The molecule has 1 rings (SSSR count). The highest BCUT2D eigenvalue weighted by Crippen LogP contribution is 2.24. The maximum Gasteiger partial charge on any atom is 0.310 e. The van der Waals surface area contributed by atoms with Crippen molar-refractivity contribution in [2.24, 2.45) is 5.92 Å². The van der Waals surface area contributed by atoms with Gasteiger partial charge in [0.05, 0.1) is 18.0 Å². The Bertz CT molecular complexity index is 585. The molecular formula is C15H20N2O5. The summed E-state index contributed by atoms with van der Waals surface area (Å²) in [7, 11) is 1.28. The molecule has 1 atom stereocenters. The van der Waals surface area contributed by atoms with Crippen LogP contribution >= 0.6 is 0 Å². The van der Waals surface area contributed by atoms with E-state index in [1.807, 2.05) is 0 Å². The van der Waals surface area contributed by atoms with Crippen molar-refractivity contribution >= 4 is 17.6 Å². The van der Waals surface area contributed by atoms with E-state index in [1.165, 1.54) is 18.1 Å². The molecule has 1 amide bonds. The normalized spacial score (nSPS) is 11.6.